The summed E-state index contributed by atoms with van der Waals surface area (Å²) in [6.45, 7) is 9.35. The Morgan fingerprint density at radius 2 is 1.65 bits per heavy atom. The minimum absolute atomic E-state index is 0.0238. The fourth-order valence-electron chi connectivity index (χ4n) is 4.47. The van der Waals surface area contributed by atoms with Gasteiger partial charge in [0.15, 0.2) is 0 Å². The molecule has 2 aromatic carbocycles. The summed E-state index contributed by atoms with van der Waals surface area (Å²) < 4.78 is 16.8. The van der Waals surface area contributed by atoms with E-state index in [0.29, 0.717) is 48.1 Å². The summed E-state index contributed by atoms with van der Waals surface area (Å²) in [7, 11) is 3.08. The van der Waals surface area contributed by atoms with E-state index in [0.717, 1.165) is 25.9 Å². The molecule has 8 heteroatoms. The van der Waals surface area contributed by atoms with E-state index in [9.17, 15) is 14.7 Å². The molecule has 1 amide bonds. The third-order valence-corrected chi connectivity index (χ3v) is 6.72. The number of hydrogen-bond acceptors (Lipinski definition) is 7. The standard InChI is InChI=1S/C29H38N2O6/c1-6-9-18-37-21-12-10-20(11-13-21)27(32)25-26(23-19-22(35-4)14-15-24(23)36-5)31(29(34)28(25)33)17-16-30(7-2)8-3/h10-15,19,26,32H,6-9,16-18H2,1-5H3/b27-25+. The summed E-state index contributed by atoms with van der Waals surface area (Å²) in [5.41, 5.74) is 1.02. The zero-order valence-corrected chi connectivity index (χ0v) is 22.5. The summed E-state index contributed by atoms with van der Waals surface area (Å²) >= 11 is 0. The predicted molar refractivity (Wildman–Crippen MR) is 143 cm³/mol. The Balaban J connectivity index is 2.10. The van der Waals surface area contributed by atoms with Crippen LogP contribution in [0.25, 0.3) is 5.76 Å². The Labute approximate surface area is 219 Å². The molecule has 1 N–H and O–H groups in total. The Bertz CT molecular complexity index is 1110. The largest absolute Gasteiger partial charge is 0.507 e. The highest BCUT2D eigenvalue weighted by Gasteiger charge is 2.47. The quantitative estimate of drug-likeness (QED) is 0.182. The van der Waals surface area contributed by atoms with Crippen molar-refractivity contribution >= 4 is 17.4 Å². The van der Waals surface area contributed by atoms with E-state index in [1.54, 1.807) is 49.6 Å². The first kappa shape index (κ1) is 28.1. The molecule has 0 spiro atoms. The van der Waals surface area contributed by atoms with E-state index in [2.05, 4.69) is 25.7 Å². The van der Waals surface area contributed by atoms with E-state index in [4.69, 9.17) is 14.2 Å². The Kier molecular flexibility index (Phi) is 9.97. The van der Waals surface area contributed by atoms with Crippen molar-refractivity contribution in [2.75, 3.05) is 47.0 Å². The SMILES string of the molecule is CCCCOc1ccc(/C(O)=C2\C(=O)C(=O)N(CCN(CC)CC)C2c2cc(OC)ccc2OC)cc1. The number of methoxy groups -OCH3 is 2. The molecule has 37 heavy (non-hydrogen) atoms. The van der Waals surface area contributed by atoms with Gasteiger partial charge in [-0.2, -0.15) is 0 Å². The lowest BCUT2D eigenvalue weighted by molar-refractivity contribution is -0.140. The molecule has 0 aliphatic carbocycles. The number of rotatable bonds is 13. The summed E-state index contributed by atoms with van der Waals surface area (Å²) in [6, 6.07) is 11.3. The first-order valence-corrected chi connectivity index (χ1v) is 12.9. The molecular weight excluding hydrogens is 472 g/mol. The average Bonchev–Trinajstić information content (AvgIpc) is 3.18. The van der Waals surface area contributed by atoms with Gasteiger partial charge in [0.2, 0.25) is 0 Å². The van der Waals surface area contributed by atoms with Gasteiger partial charge in [0.25, 0.3) is 11.7 Å². The zero-order valence-electron chi connectivity index (χ0n) is 22.5. The third-order valence-electron chi connectivity index (χ3n) is 6.72. The van der Waals surface area contributed by atoms with Crippen LogP contribution in [0.5, 0.6) is 17.2 Å². The predicted octanol–water partition coefficient (Wildman–Crippen LogP) is 4.65. The molecule has 2 aromatic rings. The number of ether oxygens (including phenoxy) is 3. The second-order valence-corrected chi connectivity index (χ2v) is 8.85. The van der Waals surface area contributed by atoms with Gasteiger partial charge >= 0.3 is 0 Å². The van der Waals surface area contributed by atoms with Crippen molar-refractivity contribution in [2.24, 2.45) is 0 Å². The van der Waals surface area contributed by atoms with Crippen LogP contribution >= 0.6 is 0 Å². The number of likely N-dealkylation sites (tertiary alicyclic amines) is 1. The van der Waals surface area contributed by atoms with Gasteiger partial charge in [0, 0.05) is 24.2 Å². The van der Waals surface area contributed by atoms with Crippen molar-refractivity contribution in [1.29, 1.82) is 0 Å². The molecule has 3 rings (SSSR count). The maximum absolute atomic E-state index is 13.4. The molecule has 1 atom stereocenters. The number of Topliss-reactive ketones (excluding diaryl/α,β-unsaturated/α-hetero) is 1. The van der Waals surface area contributed by atoms with Gasteiger partial charge in [-0.05, 0) is 62.0 Å². The van der Waals surface area contributed by atoms with Crippen LogP contribution in [0.3, 0.4) is 0 Å². The van der Waals surface area contributed by atoms with E-state index in [1.165, 1.54) is 12.0 Å². The van der Waals surface area contributed by atoms with Crippen molar-refractivity contribution in [3.05, 3.63) is 59.2 Å². The Morgan fingerprint density at radius 1 is 0.973 bits per heavy atom. The highest BCUT2D eigenvalue weighted by molar-refractivity contribution is 6.46. The molecule has 0 aromatic heterocycles. The van der Waals surface area contributed by atoms with Crippen LogP contribution in [-0.2, 0) is 9.59 Å². The first-order chi connectivity index (χ1) is 17.9. The van der Waals surface area contributed by atoms with Crippen molar-refractivity contribution in [2.45, 2.75) is 39.7 Å². The fraction of sp³-hybridized carbons (Fsp3) is 0.448. The van der Waals surface area contributed by atoms with Crippen LogP contribution in [0.1, 0.15) is 50.8 Å². The van der Waals surface area contributed by atoms with Gasteiger partial charge in [-0.1, -0.05) is 27.2 Å². The molecule has 1 aliphatic rings. The summed E-state index contributed by atoms with van der Waals surface area (Å²) in [5, 5.41) is 11.4. The van der Waals surface area contributed by atoms with Crippen LogP contribution in [0.15, 0.2) is 48.0 Å². The number of carbonyl (C=O) groups excluding carboxylic acids is 2. The van der Waals surface area contributed by atoms with Gasteiger partial charge in [-0.25, -0.2) is 0 Å². The lowest BCUT2D eigenvalue weighted by atomic mass is 9.94. The lowest BCUT2D eigenvalue weighted by Crippen LogP contribution is -2.38. The third kappa shape index (κ3) is 6.25. The van der Waals surface area contributed by atoms with Crippen molar-refractivity contribution in [1.82, 2.24) is 9.80 Å². The molecule has 1 saturated heterocycles. The number of unbranched alkanes of at least 4 members (excludes halogenated alkanes) is 1. The smallest absolute Gasteiger partial charge is 0.295 e. The van der Waals surface area contributed by atoms with Crippen LogP contribution in [0, 0.1) is 0 Å². The molecule has 8 nitrogen and oxygen atoms in total. The highest BCUT2D eigenvalue weighted by Crippen LogP contribution is 2.43. The van der Waals surface area contributed by atoms with Crippen LogP contribution in [-0.4, -0.2) is 73.6 Å². The number of aliphatic hydroxyl groups excluding tert-OH is 1. The maximum Gasteiger partial charge on any atom is 0.295 e. The molecular formula is C29H38N2O6. The first-order valence-electron chi connectivity index (χ1n) is 12.9. The number of hydrogen-bond donors (Lipinski definition) is 1. The van der Waals surface area contributed by atoms with E-state index in [-0.39, 0.29) is 11.3 Å². The second-order valence-electron chi connectivity index (χ2n) is 8.85. The van der Waals surface area contributed by atoms with Crippen molar-refractivity contribution in [3.8, 4) is 17.2 Å². The molecule has 0 bridgehead atoms. The normalized spacial score (nSPS) is 16.9. The van der Waals surface area contributed by atoms with E-state index in [1.807, 2.05) is 0 Å². The number of likely N-dealkylation sites (N-methyl/N-ethyl adjacent to an activating group) is 1. The van der Waals surface area contributed by atoms with Gasteiger partial charge in [-0.3, -0.25) is 9.59 Å². The molecule has 1 heterocycles. The minimum Gasteiger partial charge on any atom is -0.507 e. The van der Waals surface area contributed by atoms with Gasteiger partial charge in [0.05, 0.1) is 32.4 Å². The number of ketones is 1. The highest BCUT2D eigenvalue weighted by atomic mass is 16.5. The number of nitrogens with zero attached hydrogens (tertiary/aromatic N) is 2. The summed E-state index contributed by atoms with van der Waals surface area (Å²) in [5.74, 6) is 0.109. The van der Waals surface area contributed by atoms with E-state index >= 15 is 0 Å². The van der Waals surface area contributed by atoms with Crippen LogP contribution in [0.2, 0.25) is 0 Å². The topological polar surface area (TPSA) is 88.5 Å². The maximum atomic E-state index is 13.4. The minimum atomic E-state index is -0.832. The molecule has 0 saturated carbocycles. The van der Waals surface area contributed by atoms with Gasteiger partial charge < -0.3 is 29.1 Å². The number of carbonyl (C=O) groups is 2. The van der Waals surface area contributed by atoms with Crippen LogP contribution < -0.4 is 14.2 Å². The lowest BCUT2D eigenvalue weighted by Gasteiger charge is -2.29. The molecule has 1 fully saturated rings. The molecule has 1 aliphatic heterocycles. The number of aliphatic hydroxyl groups is 1. The Hall–Kier alpha value is -3.52. The number of amides is 1. The Morgan fingerprint density at radius 3 is 2.24 bits per heavy atom. The number of benzene rings is 2. The zero-order chi connectivity index (χ0) is 26.9. The summed E-state index contributed by atoms with van der Waals surface area (Å²) in [6.07, 6.45) is 1.97. The van der Waals surface area contributed by atoms with Crippen molar-refractivity contribution in [3.63, 3.8) is 0 Å². The molecule has 0 radical (unpaired) electrons. The van der Waals surface area contributed by atoms with E-state index < -0.39 is 17.7 Å². The average molecular weight is 511 g/mol. The van der Waals surface area contributed by atoms with Crippen molar-refractivity contribution < 1.29 is 28.9 Å². The second kappa shape index (κ2) is 13.1. The van der Waals surface area contributed by atoms with Gasteiger partial charge in [-0.15, -0.1) is 0 Å². The fourth-order valence-corrected chi connectivity index (χ4v) is 4.47. The van der Waals surface area contributed by atoms with Gasteiger partial charge in [0.1, 0.15) is 23.0 Å². The molecule has 200 valence electrons. The van der Waals surface area contributed by atoms with Crippen LogP contribution in [0.4, 0.5) is 0 Å². The molecule has 1 unspecified atom stereocenters. The summed E-state index contributed by atoms with van der Waals surface area (Å²) in [4.78, 5) is 30.4. The monoisotopic (exact) mass is 510 g/mol.